The molecule has 0 saturated heterocycles. The summed E-state index contributed by atoms with van der Waals surface area (Å²) in [5.74, 6) is 0. The van der Waals surface area contributed by atoms with Crippen LogP contribution in [0.2, 0.25) is 4.34 Å². The lowest BCUT2D eigenvalue weighted by molar-refractivity contribution is 0.643. The van der Waals surface area contributed by atoms with E-state index in [-0.39, 0.29) is 6.04 Å². The molecule has 0 fully saturated rings. The largest absolute Gasteiger partial charge is 0.306 e. The average Bonchev–Trinajstić information content (AvgIpc) is 3.03. The maximum absolute atomic E-state index is 6.04. The molecule has 3 heterocycles. The fourth-order valence-electron chi connectivity index (χ4n) is 2.13. The third kappa shape index (κ3) is 2.36. The van der Waals surface area contributed by atoms with Crippen molar-refractivity contribution in [1.82, 2.24) is 19.9 Å². The minimum absolute atomic E-state index is 0.101. The third-order valence-electron chi connectivity index (χ3n) is 2.95. The molecule has 6 heteroatoms. The topological polar surface area (TPSA) is 42.2 Å². The maximum atomic E-state index is 6.04. The van der Waals surface area contributed by atoms with Gasteiger partial charge in [-0.05, 0) is 18.7 Å². The third-order valence-corrected chi connectivity index (χ3v) is 4.25. The van der Waals surface area contributed by atoms with Gasteiger partial charge in [0.25, 0.3) is 0 Å². The van der Waals surface area contributed by atoms with Crippen LogP contribution in [0, 0.1) is 0 Å². The van der Waals surface area contributed by atoms with E-state index in [9.17, 15) is 0 Å². The predicted octanol–water partition coefficient (Wildman–Crippen LogP) is 3.14. The zero-order valence-corrected chi connectivity index (χ0v) is 11.9. The monoisotopic (exact) mass is 292 g/mol. The molecule has 3 rings (SSSR count). The lowest BCUT2D eigenvalue weighted by atomic mass is 10.1. The van der Waals surface area contributed by atoms with Crippen LogP contribution < -0.4 is 5.32 Å². The van der Waals surface area contributed by atoms with Gasteiger partial charge in [0.05, 0.1) is 28.3 Å². The minimum Gasteiger partial charge on any atom is -0.306 e. The second-order valence-corrected chi connectivity index (χ2v) is 5.89. The molecule has 19 heavy (non-hydrogen) atoms. The van der Waals surface area contributed by atoms with Gasteiger partial charge in [-0.1, -0.05) is 18.5 Å². The Kier molecular flexibility index (Phi) is 3.50. The van der Waals surface area contributed by atoms with Crippen LogP contribution in [0.15, 0.2) is 36.9 Å². The van der Waals surface area contributed by atoms with Gasteiger partial charge in [-0.25, -0.2) is 4.52 Å². The van der Waals surface area contributed by atoms with E-state index in [0.717, 1.165) is 22.0 Å². The van der Waals surface area contributed by atoms with Crippen molar-refractivity contribution in [3.63, 3.8) is 0 Å². The highest BCUT2D eigenvalue weighted by molar-refractivity contribution is 7.16. The van der Waals surface area contributed by atoms with E-state index in [4.69, 9.17) is 11.6 Å². The van der Waals surface area contributed by atoms with Crippen molar-refractivity contribution >= 4 is 28.5 Å². The Hall–Kier alpha value is -1.43. The van der Waals surface area contributed by atoms with Gasteiger partial charge in [-0.15, -0.1) is 11.3 Å². The highest BCUT2D eigenvalue weighted by Crippen LogP contribution is 2.32. The molecule has 0 saturated carbocycles. The van der Waals surface area contributed by atoms with Crippen LogP contribution in [-0.4, -0.2) is 21.1 Å². The molecule has 1 atom stereocenters. The van der Waals surface area contributed by atoms with Gasteiger partial charge in [0.2, 0.25) is 0 Å². The number of nitrogens with one attached hydrogen (secondary N) is 1. The number of halogens is 1. The molecule has 0 aliphatic rings. The highest BCUT2D eigenvalue weighted by Gasteiger charge is 2.19. The maximum Gasteiger partial charge on any atom is 0.0931 e. The summed E-state index contributed by atoms with van der Waals surface area (Å²) in [6.45, 7) is 2.96. The summed E-state index contributed by atoms with van der Waals surface area (Å²) in [6, 6.07) is 4.08. The Bertz CT molecular complexity index is 691. The molecular formula is C13H13ClN4S. The highest BCUT2D eigenvalue weighted by atomic mass is 35.5. The number of rotatable bonds is 4. The molecule has 98 valence electrons. The fourth-order valence-corrected chi connectivity index (χ4v) is 3.28. The van der Waals surface area contributed by atoms with E-state index >= 15 is 0 Å². The Labute approximate surface area is 120 Å². The zero-order chi connectivity index (χ0) is 13.2. The Morgan fingerprint density at radius 1 is 1.42 bits per heavy atom. The van der Waals surface area contributed by atoms with E-state index in [2.05, 4.69) is 28.4 Å². The molecule has 0 spiro atoms. The van der Waals surface area contributed by atoms with Gasteiger partial charge >= 0.3 is 0 Å². The first kappa shape index (κ1) is 12.6. The fraction of sp³-hybridized carbons (Fsp3) is 0.231. The van der Waals surface area contributed by atoms with E-state index < -0.39 is 0 Å². The van der Waals surface area contributed by atoms with Crippen LogP contribution in [0.5, 0.6) is 0 Å². The summed E-state index contributed by atoms with van der Waals surface area (Å²) >= 11 is 7.63. The molecule has 1 unspecified atom stereocenters. The summed E-state index contributed by atoms with van der Waals surface area (Å²) < 4.78 is 2.63. The molecule has 0 radical (unpaired) electrons. The lowest BCUT2D eigenvalue weighted by Gasteiger charge is -2.15. The van der Waals surface area contributed by atoms with Gasteiger partial charge in [-0.2, -0.15) is 5.10 Å². The van der Waals surface area contributed by atoms with Crippen molar-refractivity contribution < 1.29 is 0 Å². The Morgan fingerprint density at radius 3 is 3.05 bits per heavy atom. The van der Waals surface area contributed by atoms with E-state index in [1.807, 2.05) is 29.2 Å². The van der Waals surface area contributed by atoms with Crippen molar-refractivity contribution in [1.29, 1.82) is 0 Å². The first-order chi connectivity index (χ1) is 9.29. The summed E-state index contributed by atoms with van der Waals surface area (Å²) in [6.07, 6.45) is 7.30. The van der Waals surface area contributed by atoms with Crippen LogP contribution in [-0.2, 0) is 0 Å². The number of hydrogen-bond acceptors (Lipinski definition) is 4. The van der Waals surface area contributed by atoms with Crippen LogP contribution >= 0.6 is 22.9 Å². The van der Waals surface area contributed by atoms with Gasteiger partial charge in [-0.3, -0.25) is 4.98 Å². The minimum atomic E-state index is 0.101. The number of fused-ring (bicyclic) bond motifs is 1. The number of hydrogen-bond donors (Lipinski definition) is 1. The number of aromatic nitrogens is 3. The molecule has 0 aliphatic carbocycles. The quantitative estimate of drug-likeness (QED) is 0.803. The summed E-state index contributed by atoms with van der Waals surface area (Å²) in [5, 5.41) is 7.84. The summed E-state index contributed by atoms with van der Waals surface area (Å²) in [7, 11) is 0. The molecule has 0 aromatic carbocycles. The van der Waals surface area contributed by atoms with E-state index in [1.54, 1.807) is 17.5 Å². The standard InChI is InChI=1S/C13H13ClN4S/c1-2-16-13(11-3-4-12(14)19-11)9-7-17-18-6-5-15-8-10(9)18/h3-8,13,16H,2H2,1H3. The van der Waals surface area contributed by atoms with Crippen molar-refractivity contribution in [3.05, 3.63) is 51.7 Å². The van der Waals surface area contributed by atoms with Gasteiger partial charge in [0, 0.05) is 22.8 Å². The normalized spacial score (nSPS) is 12.9. The van der Waals surface area contributed by atoms with Crippen molar-refractivity contribution in [3.8, 4) is 0 Å². The van der Waals surface area contributed by atoms with Gasteiger partial charge in [0.15, 0.2) is 0 Å². The van der Waals surface area contributed by atoms with Gasteiger partial charge in [0.1, 0.15) is 0 Å². The molecule has 1 N–H and O–H groups in total. The Balaban J connectivity index is 2.09. The smallest absolute Gasteiger partial charge is 0.0931 e. The first-order valence-electron chi connectivity index (χ1n) is 6.05. The van der Waals surface area contributed by atoms with Crippen molar-refractivity contribution in [2.45, 2.75) is 13.0 Å². The molecule has 3 aromatic rings. The number of nitrogens with zero attached hydrogens (tertiary/aromatic N) is 3. The molecule has 0 amide bonds. The average molecular weight is 293 g/mol. The van der Waals surface area contributed by atoms with Crippen LogP contribution in [0.4, 0.5) is 0 Å². The second-order valence-electron chi connectivity index (χ2n) is 4.14. The summed E-state index contributed by atoms with van der Waals surface area (Å²) in [4.78, 5) is 5.36. The van der Waals surface area contributed by atoms with Crippen molar-refractivity contribution in [2.75, 3.05) is 6.54 Å². The zero-order valence-electron chi connectivity index (χ0n) is 10.4. The van der Waals surface area contributed by atoms with E-state index in [1.165, 1.54) is 4.88 Å². The van der Waals surface area contributed by atoms with Crippen LogP contribution in [0.3, 0.4) is 0 Å². The van der Waals surface area contributed by atoms with E-state index in [0.29, 0.717) is 0 Å². The first-order valence-corrected chi connectivity index (χ1v) is 7.25. The molecule has 0 aliphatic heterocycles. The predicted molar refractivity (Wildman–Crippen MR) is 77.8 cm³/mol. The lowest BCUT2D eigenvalue weighted by Crippen LogP contribution is -2.20. The summed E-state index contributed by atoms with van der Waals surface area (Å²) in [5.41, 5.74) is 2.13. The molecular weight excluding hydrogens is 280 g/mol. The molecule has 0 bridgehead atoms. The van der Waals surface area contributed by atoms with Crippen LogP contribution in [0.1, 0.15) is 23.4 Å². The number of thiophene rings is 1. The van der Waals surface area contributed by atoms with Gasteiger partial charge < -0.3 is 5.32 Å². The molecule has 3 aromatic heterocycles. The molecule has 4 nitrogen and oxygen atoms in total. The Morgan fingerprint density at radius 2 is 2.32 bits per heavy atom. The van der Waals surface area contributed by atoms with Crippen LogP contribution in [0.25, 0.3) is 5.52 Å². The van der Waals surface area contributed by atoms with Crippen molar-refractivity contribution in [2.24, 2.45) is 0 Å². The SMILES string of the molecule is CCNC(c1ccc(Cl)s1)c1cnn2ccncc12. The second kappa shape index (κ2) is 5.28.